The predicted molar refractivity (Wildman–Crippen MR) is 66.5 cm³/mol. The van der Waals surface area contributed by atoms with Gasteiger partial charge in [0.1, 0.15) is 11.5 Å². The molecule has 0 fully saturated rings. The maximum absolute atomic E-state index is 12.3. The molecular weight excluding hydrogens is 251 g/mol. The summed E-state index contributed by atoms with van der Waals surface area (Å²) in [4.78, 5) is 0. The topological polar surface area (TPSA) is 44.8 Å². The van der Waals surface area contributed by atoms with Crippen LogP contribution in [-0.2, 0) is 15.7 Å². The first-order chi connectivity index (χ1) is 8.75. The van der Waals surface area contributed by atoms with Crippen LogP contribution in [0.1, 0.15) is 5.56 Å². The molecule has 0 aromatic heterocycles. The second-order valence-electron chi connectivity index (χ2n) is 3.82. The van der Waals surface area contributed by atoms with Crippen LogP contribution in [0.15, 0.2) is 54.6 Å². The lowest BCUT2D eigenvalue weighted by Crippen LogP contribution is -2.11. The van der Waals surface area contributed by atoms with Gasteiger partial charge in [-0.15, -0.1) is 0 Å². The van der Waals surface area contributed by atoms with E-state index >= 15 is 0 Å². The second kappa shape index (κ2) is 4.48. The highest BCUT2D eigenvalue weighted by atomic mass is 31.2. The van der Waals surface area contributed by atoms with Crippen LogP contribution in [0.3, 0.4) is 0 Å². The predicted octanol–water partition coefficient (Wildman–Crippen LogP) is 3.78. The molecule has 0 spiro atoms. The van der Waals surface area contributed by atoms with Crippen molar-refractivity contribution < 1.29 is 18.1 Å². The van der Waals surface area contributed by atoms with Crippen LogP contribution in [0.2, 0.25) is 0 Å². The maximum Gasteiger partial charge on any atom is 0.587 e. The van der Waals surface area contributed by atoms with Crippen LogP contribution in [0.25, 0.3) is 0 Å². The number of para-hydroxylation sites is 2. The zero-order chi connectivity index (χ0) is 12.4. The maximum atomic E-state index is 12.3. The quantitative estimate of drug-likeness (QED) is 0.772. The standard InChI is InChI=1S/C13H11O4P/c14-18(16-12-7-2-1-3-8-12)15-10-11-6-4-5-9-13(11)17-18/h1-9H,10H2. The lowest BCUT2D eigenvalue weighted by Gasteiger charge is -2.24. The molecule has 0 N–H and O–H groups in total. The average molecular weight is 262 g/mol. The number of fused-ring (bicyclic) bond motifs is 1. The molecule has 0 radical (unpaired) electrons. The summed E-state index contributed by atoms with van der Waals surface area (Å²) >= 11 is 0. The van der Waals surface area contributed by atoms with Gasteiger partial charge in [-0.2, -0.15) is 0 Å². The third-order valence-corrected chi connectivity index (χ3v) is 3.82. The molecule has 2 aromatic carbocycles. The summed E-state index contributed by atoms with van der Waals surface area (Å²) in [6.07, 6.45) is 0. The number of hydrogen-bond acceptors (Lipinski definition) is 4. The van der Waals surface area contributed by atoms with E-state index in [1.807, 2.05) is 24.3 Å². The Balaban J connectivity index is 1.84. The number of rotatable bonds is 2. The van der Waals surface area contributed by atoms with E-state index in [9.17, 15) is 4.57 Å². The van der Waals surface area contributed by atoms with Gasteiger partial charge in [0.15, 0.2) is 0 Å². The molecule has 1 aliphatic rings. The molecule has 5 heteroatoms. The van der Waals surface area contributed by atoms with Gasteiger partial charge in [-0.1, -0.05) is 36.4 Å². The first kappa shape index (κ1) is 11.3. The average Bonchev–Trinajstić information content (AvgIpc) is 2.39. The number of hydrogen-bond donors (Lipinski definition) is 0. The van der Waals surface area contributed by atoms with Crippen molar-refractivity contribution in [2.45, 2.75) is 6.61 Å². The molecule has 0 amide bonds. The molecule has 1 heterocycles. The monoisotopic (exact) mass is 262 g/mol. The zero-order valence-corrected chi connectivity index (χ0v) is 10.4. The van der Waals surface area contributed by atoms with Crippen molar-refractivity contribution in [2.75, 3.05) is 0 Å². The zero-order valence-electron chi connectivity index (χ0n) is 9.48. The summed E-state index contributed by atoms with van der Waals surface area (Å²) in [5.41, 5.74) is 0.862. The molecule has 92 valence electrons. The summed E-state index contributed by atoms with van der Waals surface area (Å²) in [6.45, 7) is 0.223. The minimum atomic E-state index is -3.57. The summed E-state index contributed by atoms with van der Waals surface area (Å²) in [5.74, 6) is 1.00. The van der Waals surface area contributed by atoms with E-state index < -0.39 is 7.82 Å². The molecule has 3 rings (SSSR count). The van der Waals surface area contributed by atoms with Gasteiger partial charge in [0.2, 0.25) is 0 Å². The van der Waals surface area contributed by atoms with Crippen molar-refractivity contribution in [3.63, 3.8) is 0 Å². The van der Waals surface area contributed by atoms with E-state index in [1.54, 1.807) is 30.3 Å². The summed E-state index contributed by atoms with van der Waals surface area (Å²) in [5, 5.41) is 0. The Morgan fingerprint density at radius 3 is 2.56 bits per heavy atom. The van der Waals surface area contributed by atoms with Crippen LogP contribution in [0.4, 0.5) is 0 Å². The van der Waals surface area contributed by atoms with Gasteiger partial charge in [0.25, 0.3) is 0 Å². The summed E-state index contributed by atoms with van der Waals surface area (Å²) in [7, 11) is -3.57. The van der Waals surface area contributed by atoms with E-state index in [-0.39, 0.29) is 6.61 Å². The van der Waals surface area contributed by atoms with Crippen molar-refractivity contribution in [3.05, 3.63) is 60.2 Å². The molecule has 1 unspecified atom stereocenters. The third kappa shape index (κ3) is 2.26. The molecule has 0 bridgehead atoms. The van der Waals surface area contributed by atoms with E-state index in [0.717, 1.165) is 5.56 Å². The Kier molecular flexibility index (Phi) is 2.82. The van der Waals surface area contributed by atoms with Gasteiger partial charge < -0.3 is 9.05 Å². The Morgan fingerprint density at radius 1 is 1.00 bits per heavy atom. The molecule has 2 aromatic rings. The van der Waals surface area contributed by atoms with Crippen molar-refractivity contribution in [1.29, 1.82) is 0 Å². The van der Waals surface area contributed by atoms with E-state index in [2.05, 4.69) is 0 Å². The number of benzene rings is 2. The smallest absolute Gasteiger partial charge is 0.395 e. The summed E-state index contributed by atoms with van der Waals surface area (Å²) < 4.78 is 28.2. The molecule has 0 aliphatic carbocycles. The lowest BCUT2D eigenvalue weighted by atomic mass is 10.2. The molecule has 1 atom stereocenters. The van der Waals surface area contributed by atoms with Gasteiger partial charge in [-0.3, -0.25) is 4.52 Å². The molecule has 18 heavy (non-hydrogen) atoms. The van der Waals surface area contributed by atoms with Crippen molar-refractivity contribution >= 4 is 7.82 Å². The highest BCUT2D eigenvalue weighted by Crippen LogP contribution is 2.54. The van der Waals surface area contributed by atoms with Crippen LogP contribution in [0.5, 0.6) is 11.5 Å². The van der Waals surface area contributed by atoms with Crippen LogP contribution >= 0.6 is 7.82 Å². The minimum Gasteiger partial charge on any atom is -0.395 e. The first-order valence-electron chi connectivity index (χ1n) is 5.52. The number of phosphoric acid groups is 1. The fourth-order valence-corrected chi connectivity index (χ4v) is 2.90. The highest BCUT2D eigenvalue weighted by Gasteiger charge is 2.35. The Bertz CT molecular complexity index is 597. The molecule has 0 saturated heterocycles. The van der Waals surface area contributed by atoms with Crippen LogP contribution in [0, 0.1) is 0 Å². The van der Waals surface area contributed by atoms with E-state index in [0.29, 0.717) is 11.5 Å². The lowest BCUT2D eigenvalue weighted by molar-refractivity contribution is 0.181. The molecule has 1 aliphatic heterocycles. The number of phosphoric ester groups is 1. The fourth-order valence-electron chi connectivity index (χ4n) is 1.66. The van der Waals surface area contributed by atoms with E-state index in [1.165, 1.54) is 0 Å². The first-order valence-corrected chi connectivity index (χ1v) is 6.98. The summed E-state index contributed by atoms with van der Waals surface area (Å²) in [6, 6.07) is 16.1. The van der Waals surface area contributed by atoms with Gasteiger partial charge in [-0.25, -0.2) is 4.57 Å². The minimum absolute atomic E-state index is 0.223. The Morgan fingerprint density at radius 2 is 1.72 bits per heavy atom. The molecule has 0 saturated carbocycles. The van der Waals surface area contributed by atoms with Gasteiger partial charge in [-0.05, 0) is 18.2 Å². The third-order valence-electron chi connectivity index (χ3n) is 2.52. The van der Waals surface area contributed by atoms with Gasteiger partial charge in [0.05, 0.1) is 6.61 Å². The SMILES string of the molecule is O=P1(Oc2ccccc2)OCc2ccccc2O1. The fraction of sp³-hybridized carbons (Fsp3) is 0.0769. The second-order valence-corrected chi connectivity index (χ2v) is 5.34. The van der Waals surface area contributed by atoms with Crippen LogP contribution in [-0.4, -0.2) is 0 Å². The van der Waals surface area contributed by atoms with E-state index in [4.69, 9.17) is 13.6 Å². The Hall–Kier alpha value is -1.77. The largest absolute Gasteiger partial charge is 0.587 e. The van der Waals surface area contributed by atoms with Crippen molar-refractivity contribution in [3.8, 4) is 11.5 Å². The van der Waals surface area contributed by atoms with Crippen molar-refractivity contribution in [1.82, 2.24) is 0 Å². The molecule has 4 nitrogen and oxygen atoms in total. The van der Waals surface area contributed by atoms with Crippen LogP contribution < -0.4 is 9.05 Å². The van der Waals surface area contributed by atoms with Gasteiger partial charge in [0, 0.05) is 5.56 Å². The highest BCUT2D eigenvalue weighted by molar-refractivity contribution is 7.49. The normalized spacial score (nSPS) is 21.8. The molecular formula is C13H11O4P. The van der Waals surface area contributed by atoms with Gasteiger partial charge >= 0.3 is 7.82 Å². The van der Waals surface area contributed by atoms with Crippen molar-refractivity contribution in [2.24, 2.45) is 0 Å². The Labute approximate surface area is 105 Å².